The number of hydrogen-bond acceptors (Lipinski definition) is 2. The van der Waals surface area contributed by atoms with Gasteiger partial charge in [-0.3, -0.25) is 4.90 Å². The maximum absolute atomic E-state index is 12.4. The Balaban J connectivity index is 2.46. The SMILES string of the molecule is CC(C)(C)N1CCN[C@@H](CF)C1. The monoisotopic (exact) mass is 174 g/mol. The molecule has 0 aromatic carbocycles. The Labute approximate surface area is 74.1 Å². The van der Waals surface area contributed by atoms with Crippen molar-refractivity contribution in [2.24, 2.45) is 0 Å². The summed E-state index contributed by atoms with van der Waals surface area (Å²) in [5.74, 6) is 0. The van der Waals surface area contributed by atoms with Crippen LogP contribution in [0.2, 0.25) is 0 Å². The third-order valence-electron chi connectivity index (χ3n) is 2.39. The van der Waals surface area contributed by atoms with Crippen LogP contribution in [0.4, 0.5) is 4.39 Å². The highest BCUT2D eigenvalue weighted by Crippen LogP contribution is 2.15. The van der Waals surface area contributed by atoms with Gasteiger partial charge in [0.2, 0.25) is 0 Å². The van der Waals surface area contributed by atoms with E-state index in [-0.39, 0.29) is 18.3 Å². The summed E-state index contributed by atoms with van der Waals surface area (Å²) in [6.45, 7) is 9.03. The molecule has 1 saturated heterocycles. The first-order valence-corrected chi connectivity index (χ1v) is 4.58. The van der Waals surface area contributed by atoms with Crippen LogP contribution in [0.3, 0.4) is 0 Å². The van der Waals surface area contributed by atoms with E-state index in [1.165, 1.54) is 0 Å². The van der Waals surface area contributed by atoms with E-state index in [0.717, 1.165) is 19.6 Å². The Kier molecular flexibility index (Phi) is 3.07. The minimum absolute atomic E-state index is 0.0398. The summed E-state index contributed by atoms with van der Waals surface area (Å²) in [5, 5.41) is 3.15. The van der Waals surface area contributed by atoms with Crippen molar-refractivity contribution < 1.29 is 4.39 Å². The molecule has 72 valence electrons. The van der Waals surface area contributed by atoms with E-state index >= 15 is 0 Å². The highest BCUT2D eigenvalue weighted by Gasteiger charge is 2.27. The molecule has 1 rings (SSSR count). The summed E-state index contributed by atoms with van der Waals surface area (Å²) >= 11 is 0. The van der Waals surface area contributed by atoms with Gasteiger partial charge >= 0.3 is 0 Å². The molecule has 0 spiro atoms. The van der Waals surface area contributed by atoms with Crippen LogP contribution >= 0.6 is 0 Å². The Bertz CT molecular complexity index is 142. The molecule has 1 aliphatic heterocycles. The Hall–Kier alpha value is -0.150. The molecule has 1 fully saturated rings. The second-order valence-electron chi connectivity index (χ2n) is 4.42. The van der Waals surface area contributed by atoms with Gasteiger partial charge in [0.15, 0.2) is 0 Å². The molecule has 1 aliphatic rings. The highest BCUT2D eigenvalue weighted by molar-refractivity contribution is 4.85. The summed E-state index contributed by atoms with van der Waals surface area (Å²) in [5.41, 5.74) is 0.176. The zero-order chi connectivity index (χ0) is 9.19. The molecular formula is C9H19FN2. The van der Waals surface area contributed by atoms with Crippen molar-refractivity contribution in [1.29, 1.82) is 0 Å². The molecule has 0 bridgehead atoms. The van der Waals surface area contributed by atoms with Crippen LogP contribution in [0, 0.1) is 0 Å². The van der Waals surface area contributed by atoms with Gasteiger partial charge in [-0.25, -0.2) is 4.39 Å². The van der Waals surface area contributed by atoms with E-state index in [4.69, 9.17) is 0 Å². The van der Waals surface area contributed by atoms with E-state index in [1.54, 1.807) is 0 Å². The molecule has 0 amide bonds. The Morgan fingerprint density at radius 3 is 2.67 bits per heavy atom. The fraction of sp³-hybridized carbons (Fsp3) is 1.00. The van der Waals surface area contributed by atoms with Gasteiger partial charge in [-0.15, -0.1) is 0 Å². The van der Waals surface area contributed by atoms with Gasteiger partial charge in [0.1, 0.15) is 6.67 Å². The molecular weight excluding hydrogens is 155 g/mol. The van der Waals surface area contributed by atoms with Crippen LogP contribution in [0.15, 0.2) is 0 Å². The quantitative estimate of drug-likeness (QED) is 0.638. The zero-order valence-electron chi connectivity index (χ0n) is 8.23. The predicted molar refractivity (Wildman–Crippen MR) is 49.1 cm³/mol. The lowest BCUT2D eigenvalue weighted by Crippen LogP contribution is -2.57. The molecule has 12 heavy (non-hydrogen) atoms. The topological polar surface area (TPSA) is 15.3 Å². The van der Waals surface area contributed by atoms with Gasteiger partial charge in [0, 0.05) is 31.2 Å². The Morgan fingerprint density at radius 2 is 2.17 bits per heavy atom. The van der Waals surface area contributed by atoms with Crippen LogP contribution in [0.5, 0.6) is 0 Å². The molecule has 2 nitrogen and oxygen atoms in total. The normalized spacial score (nSPS) is 27.5. The summed E-state index contributed by atoms with van der Waals surface area (Å²) in [6.07, 6.45) is 0. The average molecular weight is 174 g/mol. The molecule has 0 aromatic heterocycles. The third-order valence-corrected chi connectivity index (χ3v) is 2.39. The zero-order valence-corrected chi connectivity index (χ0v) is 8.23. The maximum atomic E-state index is 12.4. The van der Waals surface area contributed by atoms with Crippen LogP contribution in [-0.4, -0.2) is 42.8 Å². The lowest BCUT2D eigenvalue weighted by Gasteiger charge is -2.41. The van der Waals surface area contributed by atoms with Crippen molar-refractivity contribution in [1.82, 2.24) is 10.2 Å². The van der Waals surface area contributed by atoms with Gasteiger partial charge in [-0.2, -0.15) is 0 Å². The van der Waals surface area contributed by atoms with Crippen LogP contribution in [-0.2, 0) is 0 Å². The van der Waals surface area contributed by atoms with Crippen molar-refractivity contribution >= 4 is 0 Å². The summed E-state index contributed by atoms with van der Waals surface area (Å²) in [4.78, 5) is 2.33. The molecule has 0 saturated carbocycles. The van der Waals surface area contributed by atoms with E-state index in [2.05, 4.69) is 31.0 Å². The first kappa shape index (κ1) is 9.93. The van der Waals surface area contributed by atoms with Gasteiger partial charge in [-0.05, 0) is 20.8 Å². The second-order valence-corrected chi connectivity index (χ2v) is 4.42. The molecule has 1 N–H and O–H groups in total. The molecule has 0 radical (unpaired) electrons. The highest BCUT2D eigenvalue weighted by atomic mass is 19.1. The molecule has 0 aliphatic carbocycles. The van der Waals surface area contributed by atoms with Crippen molar-refractivity contribution in [2.75, 3.05) is 26.3 Å². The number of rotatable bonds is 1. The number of piperazine rings is 1. The molecule has 1 heterocycles. The summed E-state index contributed by atoms with van der Waals surface area (Å²) < 4.78 is 12.4. The number of nitrogens with one attached hydrogen (secondary N) is 1. The van der Waals surface area contributed by atoms with Crippen LogP contribution in [0.25, 0.3) is 0 Å². The third kappa shape index (κ3) is 2.42. The molecule has 0 unspecified atom stereocenters. The van der Waals surface area contributed by atoms with Crippen LogP contribution in [0.1, 0.15) is 20.8 Å². The maximum Gasteiger partial charge on any atom is 0.106 e. The number of nitrogens with zero attached hydrogens (tertiary/aromatic N) is 1. The molecule has 0 aromatic rings. The summed E-state index contributed by atoms with van der Waals surface area (Å²) in [6, 6.07) is 0.0398. The number of alkyl halides is 1. The lowest BCUT2D eigenvalue weighted by molar-refractivity contribution is 0.0886. The number of halogens is 1. The largest absolute Gasteiger partial charge is 0.309 e. The van der Waals surface area contributed by atoms with Crippen molar-refractivity contribution in [3.63, 3.8) is 0 Å². The van der Waals surface area contributed by atoms with E-state index in [0.29, 0.717) is 0 Å². The van der Waals surface area contributed by atoms with Crippen molar-refractivity contribution in [3.8, 4) is 0 Å². The first-order valence-electron chi connectivity index (χ1n) is 4.58. The minimum Gasteiger partial charge on any atom is -0.309 e. The average Bonchev–Trinajstić information content (AvgIpc) is 2.03. The van der Waals surface area contributed by atoms with Crippen molar-refractivity contribution in [2.45, 2.75) is 32.4 Å². The fourth-order valence-electron chi connectivity index (χ4n) is 1.54. The van der Waals surface area contributed by atoms with Crippen LogP contribution < -0.4 is 5.32 Å². The van der Waals surface area contributed by atoms with Gasteiger partial charge in [0.05, 0.1) is 0 Å². The second kappa shape index (κ2) is 3.71. The van der Waals surface area contributed by atoms with Gasteiger partial charge < -0.3 is 5.32 Å². The van der Waals surface area contributed by atoms with Gasteiger partial charge in [0.25, 0.3) is 0 Å². The summed E-state index contributed by atoms with van der Waals surface area (Å²) in [7, 11) is 0. The first-order chi connectivity index (χ1) is 5.54. The van der Waals surface area contributed by atoms with E-state index < -0.39 is 0 Å². The number of hydrogen-bond donors (Lipinski definition) is 1. The molecule has 1 atom stereocenters. The predicted octanol–water partition coefficient (Wildman–Crippen LogP) is 1.03. The van der Waals surface area contributed by atoms with E-state index in [9.17, 15) is 4.39 Å². The van der Waals surface area contributed by atoms with E-state index in [1.807, 2.05) is 0 Å². The lowest BCUT2D eigenvalue weighted by atomic mass is 10.0. The van der Waals surface area contributed by atoms with Gasteiger partial charge in [-0.1, -0.05) is 0 Å². The Morgan fingerprint density at radius 1 is 1.50 bits per heavy atom. The van der Waals surface area contributed by atoms with Crippen molar-refractivity contribution in [3.05, 3.63) is 0 Å². The smallest absolute Gasteiger partial charge is 0.106 e. The molecule has 3 heteroatoms. The fourth-order valence-corrected chi connectivity index (χ4v) is 1.54. The standard InChI is InChI=1S/C9H19FN2/c1-9(2,3)12-5-4-11-8(6-10)7-12/h8,11H,4-7H2,1-3H3/t8-/m0/s1. The minimum atomic E-state index is -0.257.